The third-order valence-corrected chi connectivity index (χ3v) is 5.33. The van der Waals surface area contributed by atoms with Gasteiger partial charge < -0.3 is 15.2 Å². The molecule has 2 N–H and O–H groups in total. The van der Waals surface area contributed by atoms with Gasteiger partial charge in [-0.2, -0.15) is 0 Å². The second-order valence-corrected chi connectivity index (χ2v) is 7.61. The van der Waals surface area contributed by atoms with Crippen LogP contribution in [-0.4, -0.2) is 41.2 Å². The summed E-state index contributed by atoms with van der Waals surface area (Å²) in [4.78, 5) is 14.9. The van der Waals surface area contributed by atoms with Crippen molar-refractivity contribution in [1.82, 2.24) is 4.90 Å². The van der Waals surface area contributed by atoms with Gasteiger partial charge in [0.1, 0.15) is 11.9 Å². The number of aliphatic hydroxyl groups is 1. The van der Waals surface area contributed by atoms with Crippen molar-refractivity contribution in [2.45, 2.75) is 44.9 Å². The quantitative estimate of drug-likeness (QED) is 0.872. The second-order valence-electron chi connectivity index (χ2n) is 7.61. The fourth-order valence-electron chi connectivity index (χ4n) is 3.80. The minimum atomic E-state index is -0.152. The molecule has 1 fully saturated rings. The van der Waals surface area contributed by atoms with E-state index in [0.29, 0.717) is 5.56 Å². The van der Waals surface area contributed by atoms with Gasteiger partial charge in [-0.05, 0) is 61.2 Å². The van der Waals surface area contributed by atoms with Crippen LogP contribution in [0.25, 0.3) is 0 Å². The van der Waals surface area contributed by atoms with E-state index in [1.54, 1.807) is 0 Å². The SMILES string of the molecule is C[C@H]1Cc2cc(NC(=O)c3ccc(CN4CCC(O)CC4)cc3)ccc2O1. The van der Waals surface area contributed by atoms with Crippen molar-refractivity contribution in [3.63, 3.8) is 0 Å². The molecule has 2 aromatic rings. The zero-order valence-electron chi connectivity index (χ0n) is 15.6. The largest absolute Gasteiger partial charge is 0.490 e. The second kappa shape index (κ2) is 7.71. The first-order chi connectivity index (χ1) is 13.1. The van der Waals surface area contributed by atoms with Crippen LogP contribution in [0, 0.1) is 0 Å². The maximum Gasteiger partial charge on any atom is 0.255 e. The molecular formula is C22H26N2O3. The Kier molecular flexibility index (Phi) is 5.14. The number of hydrogen-bond acceptors (Lipinski definition) is 4. The van der Waals surface area contributed by atoms with Crippen molar-refractivity contribution in [3.05, 3.63) is 59.2 Å². The van der Waals surface area contributed by atoms with Crippen LogP contribution < -0.4 is 10.1 Å². The standard InChI is InChI=1S/C22H26N2O3/c1-15-12-18-13-19(6-7-21(18)27-15)23-22(26)17-4-2-16(3-5-17)14-24-10-8-20(25)9-11-24/h2-7,13,15,20,25H,8-12,14H2,1H3,(H,23,26)/t15-/m0/s1. The molecule has 5 nitrogen and oxygen atoms in total. The maximum absolute atomic E-state index is 12.5. The number of aliphatic hydroxyl groups excluding tert-OH is 1. The van der Waals surface area contributed by atoms with E-state index in [9.17, 15) is 9.90 Å². The number of fused-ring (bicyclic) bond motifs is 1. The van der Waals surface area contributed by atoms with Gasteiger partial charge in [0.2, 0.25) is 0 Å². The molecule has 1 saturated heterocycles. The molecule has 0 bridgehead atoms. The van der Waals surface area contributed by atoms with E-state index in [1.165, 1.54) is 5.56 Å². The molecule has 0 aromatic heterocycles. The molecule has 0 saturated carbocycles. The Morgan fingerprint density at radius 2 is 1.93 bits per heavy atom. The van der Waals surface area contributed by atoms with Gasteiger partial charge in [0.25, 0.3) is 5.91 Å². The van der Waals surface area contributed by atoms with Crippen LogP contribution in [0.1, 0.15) is 41.3 Å². The van der Waals surface area contributed by atoms with Crippen LogP contribution in [0.3, 0.4) is 0 Å². The smallest absolute Gasteiger partial charge is 0.255 e. The highest BCUT2D eigenvalue weighted by molar-refractivity contribution is 6.04. The predicted octanol–water partition coefficient (Wildman–Crippen LogP) is 3.22. The molecule has 1 amide bonds. The first-order valence-corrected chi connectivity index (χ1v) is 9.67. The normalized spacial score (nSPS) is 20.1. The minimum Gasteiger partial charge on any atom is -0.490 e. The number of rotatable bonds is 4. The van der Waals surface area contributed by atoms with Gasteiger partial charge in [0.15, 0.2) is 0 Å². The van der Waals surface area contributed by atoms with Gasteiger partial charge in [0.05, 0.1) is 6.10 Å². The highest BCUT2D eigenvalue weighted by atomic mass is 16.5. The number of amides is 1. The van der Waals surface area contributed by atoms with Crippen molar-refractivity contribution in [2.75, 3.05) is 18.4 Å². The molecule has 2 heterocycles. The number of carbonyl (C=O) groups excluding carboxylic acids is 1. The number of piperidine rings is 1. The van der Waals surface area contributed by atoms with E-state index in [2.05, 4.69) is 10.2 Å². The molecular weight excluding hydrogens is 340 g/mol. The lowest BCUT2D eigenvalue weighted by atomic mass is 10.1. The summed E-state index contributed by atoms with van der Waals surface area (Å²) in [6.07, 6.45) is 2.60. The van der Waals surface area contributed by atoms with Crippen LogP contribution in [0.15, 0.2) is 42.5 Å². The Bertz CT molecular complexity index is 811. The fourth-order valence-corrected chi connectivity index (χ4v) is 3.80. The van der Waals surface area contributed by atoms with Crippen molar-refractivity contribution >= 4 is 11.6 Å². The van der Waals surface area contributed by atoms with Gasteiger partial charge in [0, 0.05) is 37.3 Å². The summed E-state index contributed by atoms with van der Waals surface area (Å²) in [5.41, 5.74) is 3.78. The topological polar surface area (TPSA) is 61.8 Å². The summed E-state index contributed by atoms with van der Waals surface area (Å²) in [5, 5.41) is 12.6. The van der Waals surface area contributed by atoms with Crippen molar-refractivity contribution in [2.24, 2.45) is 0 Å². The molecule has 1 atom stereocenters. The molecule has 0 radical (unpaired) electrons. The van der Waals surface area contributed by atoms with Crippen molar-refractivity contribution < 1.29 is 14.6 Å². The lowest BCUT2D eigenvalue weighted by molar-refractivity contribution is 0.0792. The minimum absolute atomic E-state index is 0.102. The maximum atomic E-state index is 12.5. The Morgan fingerprint density at radius 1 is 1.19 bits per heavy atom. The number of benzene rings is 2. The molecule has 0 spiro atoms. The Morgan fingerprint density at radius 3 is 2.67 bits per heavy atom. The van der Waals surface area contributed by atoms with Crippen molar-refractivity contribution in [1.29, 1.82) is 0 Å². The number of nitrogens with one attached hydrogen (secondary N) is 1. The van der Waals surface area contributed by atoms with Gasteiger partial charge in [-0.15, -0.1) is 0 Å². The number of likely N-dealkylation sites (tertiary alicyclic amines) is 1. The third kappa shape index (κ3) is 4.31. The molecule has 0 unspecified atom stereocenters. The van der Waals surface area contributed by atoms with Crippen LogP contribution >= 0.6 is 0 Å². The molecule has 142 valence electrons. The average molecular weight is 366 g/mol. The number of ether oxygens (including phenoxy) is 1. The number of carbonyl (C=O) groups is 1. The van der Waals surface area contributed by atoms with E-state index in [0.717, 1.165) is 55.9 Å². The molecule has 27 heavy (non-hydrogen) atoms. The Hall–Kier alpha value is -2.37. The molecule has 4 rings (SSSR count). The first-order valence-electron chi connectivity index (χ1n) is 9.67. The van der Waals surface area contributed by atoms with E-state index < -0.39 is 0 Å². The Labute approximate surface area is 160 Å². The van der Waals surface area contributed by atoms with Gasteiger partial charge in [-0.3, -0.25) is 9.69 Å². The number of nitrogens with zero attached hydrogens (tertiary/aromatic N) is 1. The predicted molar refractivity (Wildman–Crippen MR) is 105 cm³/mol. The zero-order valence-corrected chi connectivity index (χ0v) is 15.6. The third-order valence-electron chi connectivity index (χ3n) is 5.33. The molecule has 0 aliphatic carbocycles. The highest BCUT2D eigenvalue weighted by Crippen LogP contribution is 2.31. The summed E-state index contributed by atoms with van der Waals surface area (Å²) < 4.78 is 5.70. The van der Waals surface area contributed by atoms with Gasteiger partial charge >= 0.3 is 0 Å². The summed E-state index contributed by atoms with van der Waals surface area (Å²) >= 11 is 0. The van der Waals surface area contributed by atoms with E-state index in [1.807, 2.05) is 49.4 Å². The number of hydrogen-bond donors (Lipinski definition) is 2. The van der Waals surface area contributed by atoms with Crippen LogP contribution in [0.4, 0.5) is 5.69 Å². The lowest BCUT2D eigenvalue weighted by Crippen LogP contribution is -2.35. The molecule has 2 aliphatic heterocycles. The zero-order chi connectivity index (χ0) is 18.8. The number of anilines is 1. The first kappa shape index (κ1) is 18.0. The summed E-state index contributed by atoms with van der Waals surface area (Å²) in [6.45, 7) is 4.75. The Balaban J connectivity index is 1.36. The molecule has 2 aromatic carbocycles. The lowest BCUT2D eigenvalue weighted by Gasteiger charge is -2.29. The van der Waals surface area contributed by atoms with E-state index in [4.69, 9.17) is 4.74 Å². The highest BCUT2D eigenvalue weighted by Gasteiger charge is 2.20. The van der Waals surface area contributed by atoms with Gasteiger partial charge in [-0.25, -0.2) is 0 Å². The van der Waals surface area contributed by atoms with Gasteiger partial charge in [-0.1, -0.05) is 12.1 Å². The van der Waals surface area contributed by atoms with E-state index in [-0.39, 0.29) is 18.1 Å². The van der Waals surface area contributed by atoms with Crippen LogP contribution in [0.5, 0.6) is 5.75 Å². The van der Waals surface area contributed by atoms with E-state index >= 15 is 0 Å². The average Bonchev–Trinajstić information content (AvgIpc) is 3.03. The summed E-state index contributed by atoms with van der Waals surface area (Å²) in [7, 11) is 0. The molecule has 5 heteroatoms. The van der Waals surface area contributed by atoms with Crippen molar-refractivity contribution in [3.8, 4) is 5.75 Å². The van der Waals surface area contributed by atoms with Crippen LogP contribution in [-0.2, 0) is 13.0 Å². The summed E-state index contributed by atoms with van der Waals surface area (Å²) in [6, 6.07) is 13.6. The fraction of sp³-hybridized carbons (Fsp3) is 0.409. The summed E-state index contributed by atoms with van der Waals surface area (Å²) in [5.74, 6) is 0.810. The monoisotopic (exact) mass is 366 g/mol. The molecule has 2 aliphatic rings. The van der Waals surface area contributed by atoms with Crippen LogP contribution in [0.2, 0.25) is 0 Å².